The molecule has 0 fully saturated rings. The van der Waals surface area contributed by atoms with E-state index in [2.05, 4.69) is 15.6 Å². The summed E-state index contributed by atoms with van der Waals surface area (Å²) in [6.45, 7) is 1.90. The summed E-state index contributed by atoms with van der Waals surface area (Å²) in [5, 5.41) is 6.08. The Bertz CT molecular complexity index is 620. The number of rotatable bonds is 4. The fraction of sp³-hybridized carbons (Fsp3) is 0.200. The molecule has 110 valence electrons. The Morgan fingerprint density at radius 1 is 1.29 bits per heavy atom. The summed E-state index contributed by atoms with van der Waals surface area (Å²) in [7, 11) is 1.52. The maximum atomic E-state index is 12.0. The molecule has 5 nitrogen and oxygen atoms in total. The molecule has 0 bridgehead atoms. The number of anilines is 1. The second-order valence-corrected chi connectivity index (χ2v) is 4.86. The van der Waals surface area contributed by atoms with E-state index in [0.29, 0.717) is 16.5 Å². The van der Waals surface area contributed by atoms with Crippen molar-refractivity contribution < 1.29 is 9.53 Å². The molecule has 0 spiro atoms. The Kier molecular flexibility index (Phi) is 5.00. The van der Waals surface area contributed by atoms with Crippen LogP contribution >= 0.6 is 11.6 Å². The topological polar surface area (TPSA) is 63.2 Å². The van der Waals surface area contributed by atoms with E-state index in [1.165, 1.54) is 7.11 Å². The first-order valence-electron chi connectivity index (χ1n) is 6.41. The van der Waals surface area contributed by atoms with Crippen LogP contribution in [0.15, 0.2) is 42.7 Å². The first-order chi connectivity index (χ1) is 10.1. The number of pyridine rings is 1. The van der Waals surface area contributed by atoms with Gasteiger partial charge in [0.15, 0.2) is 0 Å². The molecule has 0 saturated carbocycles. The Balaban J connectivity index is 1.99. The van der Waals surface area contributed by atoms with E-state index in [1.807, 2.05) is 19.1 Å². The highest BCUT2D eigenvalue weighted by atomic mass is 35.5. The largest absolute Gasteiger partial charge is 0.495 e. The van der Waals surface area contributed by atoms with Crippen LogP contribution in [0.2, 0.25) is 5.02 Å². The Morgan fingerprint density at radius 3 is 2.67 bits per heavy atom. The molecule has 2 N–H and O–H groups in total. The molecular formula is C15H16ClN3O2. The molecule has 21 heavy (non-hydrogen) atoms. The molecule has 1 unspecified atom stereocenters. The summed E-state index contributed by atoms with van der Waals surface area (Å²) in [6, 6.07) is 8.33. The molecule has 1 heterocycles. The van der Waals surface area contributed by atoms with Crippen molar-refractivity contribution >= 4 is 23.3 Å². The molecular weight excluding hydrogens is 290 g/mol. The van der Waals surface area contributed by atoms with Crippen molar-refractivity contribution in [3.8, 4) is 5.75 Å². The van der Waals surface area contributed by atoms with Gasteiger partial charge < -0.3 is 15.4 Å². The smallest absolute Gasteiger partial charge is 0.319 e. The SMILES string of the molecule is COc1cc(NC(=O)NC(C)c2ccncc2)ccc1Cl. The number of methoxy groups -OCH3 is 1. The van der Waals surface area contributed by atoms with Crippen molar-refractivity contribution in [2.24, 2.45) is 0 Å². The van der Waals surface area contributed by atoms with Gasteiger partial charge in [0.25, 0.3) is 0 Å². The van der Waals surface area contributed by atoms with Crippen LogP contribution in [0.4, 0.5) is 10.5 Å². The maximum absolute atomic E-state index is 12.0. The van der Waals surface area contributed by atoms with Crippen LogP contribution in [0.5, 0.6) is 5.75 Å². The van der Waals surface area contributed by atoms with Crippen LogP contribution in [0, 0.1) is 0 Å². The highest BCUT2D eigenvalue weighted by molar-refractivity contribution is 6.32. The van der Waals surface area contributed by atoms with Gasteiger partial charge in [-0.05, 0) is 36.8 Å². The molecule has 1 aromatic carbocycles. The van der Waals surface area contributed by atoms with E-state index >= 15 is 0 Å². The van der Waals surface area contributed by atoms with Gasteiger partial charge in [-0.3, -0.25) is 4.98 Å². The minimum absolute atomic E-state index is 0.123. The molecule has 1 aromatic heterocycles. The number of nitrogens with zero attached hydrogens (tertiary/aromatic N) is 1. The molecule has 0 radical (unpaired) electrons. The van der Waals surface area contributed by atoms with Crippen molar-refractivity contribution in [1.82, 2.24) is 10.3 Å². The minimum atomic E-state index is -0.302. The number of halogens is 1. The van der Waals surface area contributed by atoms with Crippen LogP contribution in [0.3, 0.4) is 0 Å². The Hall–Kier alpha value is -2.27. The van der Waals surface area contributed by atoms with Crippen LogP contribution in [0.25, 0.3) is 0 Å². The summed E-state index contributed by atoms with van der Waals surface area (Å²) in [5.74, 6) is 0.511. The second-order valence-electron chi connectivity index (χ2n) is 4.45. The molecule has 0 saturated heterocycles. The molecule has 2 aromatic rings. The number of nitrogens with one attached hydrogen (secondary N) is 2. The zero-order chi connectivity index (χ0) is 15.2. The van der Waals surface area contributed by atoms with Gasteiger partial charge >= 0.3 is 6.03 Å². The highest BCUT2D eigenvalue weighted by Crippen LogP contribution is 2.27. The Morgan fingerprint density at radius 2 is 2.00 bits per heavy atom. The van der Waals surface area contributed by atoms with Gasteiger partial charge in [0.05, 0.1) is 18.2 Å². The summed E-state index contributed by atoms with van der Waals surface area (Å²) in [5.41, 5.74) is 1.59. The second kappa shape index (κ2) is 6.95. The van der Waals surface area contributed by atoms with E-state index in [9.17, 15) is 4.79 Å². The zero-order valence-electron chi connectivity index (χ0n) is 11.8. The summed E-state index contributed by atoms with van der Waals surface area (Å²) >= 11 is 5.94. The Labute approximate surface area is 128 Å². The number of urea groups is 1. The lowest BCUT2D eigenvalue weighted by atomic mass is 10.1. The number of amides is 2. The van der Waals surface area contributed by atoms with Crippen LogP contribution in [0.1, 0.15) is 18.5 Å². The van der Waals surface area contributed by atoms with Crippen molar-refractivity contribution in [3.63, 3.8) is 0 Å². The number of carbonyl (C=O) groups excluding carboxylic acids is 1. The lowest BCUT2D eigenvalue weighted by molar-refractivity contribution is 0.249. The predicted molar refractivity (Wildman–Crippen MR) is 82.8 cm³/mol. The third-order valence-electron chi connectivity index (χ3n) is 2.96. The van der Waals surface area contributed by atoms with E-state index in [0.717, 1.165) is 5.56 Å². The van der Waals surface area contributed by atoms with Crippen molar-refractivity contribution in [1.29, 1.82) is 0 Å². The standard InChI is InChI=1S/C15H16ClN3O2/c1-10(11-5-7-17-8-6-11)18-15(20)19-12-3-4-13(16)14(9-12)21-2/h3-10H,1-2H3,(H2,18,19,20). The van der Waals surface area contributed by atoms with Gasteiger partial charge in [0.1, 0.15) is 5.75 Å². The molecule has 0 aliphatic carbocycles. The molecule has 0 aliphatic rings. The minimum Gasteiger partial charge on any atom is -0.495 e. The van der Waals surface area contributed by atoms with Crippen LogP contribution < -0.4 is 15.4 Å². The summed E-state index contributed by atoms with van der Waals surface area (Å²) in [4.78, 5) is 15.9. The van der Waals surface area contributed by atoms with Crippen LogP contribution in [-0.4, -0.2) is 18.1 Å². The normalized spacial score (nSPS) is 11.6. The predicted octanol–water partition coefficient (Wildman–Crippen LogP) is 3.63. The average Bonchev–Trinajstić information content (AvgIpc) is 2.50. The number of benzene rings is 1. The zero-order valence-corrected chi connectivity index (χ0v) is 12.5. The van der Waals surface area contributed by atoms with Crippen molar-refractivity contribution in [2.45, 2.75) is 13.0 Å². The van der Waals surface area contributed by atoms with E-state index in [1.54, 1.807) is 30.6 Å². The van der Waals surface area contributed by atoms with Gasteiger partial charge in [0, 0.05) is 24.1 Å². The summed E-state index contributed by atoms with van der Waals surface area (Å²) in [6.07, 6.45) is 3.38. The van der Waals surface area contributed by atoms with E-state index < -0.39 is 0 Å². The maximum Gasteiger partial charge on any atom is 0.319 e. The van der Waals surface area contributed by atoms with Gasteiger partial charge in [-0.15, -0.1) is 0 Å². The molecule has 1 atom stereocenters. The monoisotopic (exact) mass is 305 g/mol. The summed E-state index contributed by atoms with van der Waals surface area (Å²) < 4.78 is 5.11. The van der Waals surface area contributed by atoms with Gasteiger partial charge in [-0.1, -0.05) is 11.6 Å². The van der Waals surface area contributed by atoms with Gasteiger partial charge in [-0.2, -0.15) is 0 Å². The third kappa shape index (κ3) is 4.10. The van der Waals surface area contributed by atoms with Crippen molar-refractivity contribution in [3.05, 3.63) is 53.3 Å². The average molecular weight is 306 g/mol. The molecule has 2 rings (SSSR count). The van der Waals surface area contributed by atoms with Crippen LogP contribution in [-0.2, 0) is 0 Å². The number of aromatic nitrogens is 1. The number of carbonyl (C=O) groups is 1. The first-order valence-corrected chi connectivity index (χ1v) is 6.79. The fourth-order valence-electron chi connectivity index (χ4n) is 1.84. The third-order valence-corrected chi connectivity index (χ3v) is 3.27. The van der Waals surface area contributed by atoms with E-state index in [-0.39, 0.29) is 12.1 Å². The lowest BCUT2D eigenvalue weighted by Crippen LogP contribution is -2.31. The lowest BCUT2D eigenvalue weighted by Gasteiger charge is -2.15. The van der Waals surface area contributed by atoms with Gasteiger partial charge in [0.2, 0.25) is 0 Å². The van der Waals surface area contributed by atoms with E-state index in [4.69, 9.17) is 16.3 Å². The molecule has 0 aliphatic heterocycles. The fourth-order valence-corrected chi connectivity index (χ4v) is 2.03. The number of ether oxygens (including phenoxy) is 1. The number of hydrogen-bond acceptors (Lipinski definition) is 3. The molecule has 6 heteroatoms. The first kappa shape index (κ1) is 15.1. The highest BCUT2D eigenvalue weighted by Gasteiger charge is 2.10. The number of hydrogen-bond donors (Lipinski definition) is 2. The molecule has 2 amide bonds. The quantitative estimate of drug-likeness (QED) is 0.906. The van der Waals surface area contributed by atoms with Gasteiger partial charge in [-0.25, -0.2) is 4.79 Å². The van der Waals surface area contributed by atoms with Crippen molar-refractivity contribution in [2.75, 3.05) is 12.4 Å².